The minimum atomic E-state index is -3.42. The molecular formula is C13H21ClN2O2S. The minimum absolute atomic E-state index is 0.279. The zero-order valence-corrected chi connectivity index (χ0v) is 13.3. The van der Waals surface area contributed by atoms with E-state index in [1.165, 1.54) is 4.31 Å². The standard InChI is InChI=1S/C13H21ClN2O2S/c1-5-16(4)19(17,18)12-6-7-13(14)11(8-12)9-15-10(2)3/h6-8,10,15H,5,9H2,1-4H3. The van der Waals surface area contributed by atoms with Gasteiger partial charge in [0, 0.05) is 31.2 Å². The van der Waals surface area contributed by atoms with Crippen molar-refractivity contribution in [3.63, 3.8) is 0 Å². The van der Waals surface area contributed by atoms with E-state index in [2.05, 4.69) is 5.32 Å². The van der Waals surface area contributed by atoms with E-state index in [-0.39, 0.29) is 4.90 Å². The monoisotopic (exact) mass is 304 g/mol. The Labute approximate surface area is 120 Å². The maximum Gasteiger partial charge on any atom is 0.242 e. The Kier molecular flexibility index (Phi) is 5.80. The van der Waals surface area contributed by atoms with Gasteiger partial charge in [0.2, 0.25) is 10.0 Å². The molecule has 1 aromatic carbocycles. The van der Waals surface area contributed by atoms with Crippen LogP contribution >= 0.6 is 11.6 Å². The third-order valence-electron chi connectivity index (χ3n) is 2.87. The average molecular weight is 305 g/mol. The van der Waals surface area contributed by atoms with E-state index in [9.17, 15) is 8.42 Å². The van der Waals surface area contributed by atoms with E-state index in [0.717, 1.165) is 5.56 Å². The molecule has 0 heterocycles. The first-order chi connectivity index (χ1) is 8.78. The van der Waals surface area contributed by atoms with Crippen LogP contribution in [0.3, 0.4) is 0 Å². The van der Waals surface area contributed by atoms with Gasteiger partial charge in [-0.3, -0.25) is 0 Å². The number of sulfonamides is 1. The fraction of sp³-hybridized carbons (Fsp3) is 0.538. The summed E-state index contributed by atoms with van der Waals surface area (Å²) in [5.41, 5.74) is 0.793. The Balaban J connectivity index is 3.08. The van der Waals surface area contributed by atoms with Crippen LogP contribution in [0, 0.1) is 0 Å². The van der Waals surface area contributed by atoms with Gasteiger partial charge in [-0.1, -0.05) is 32.4 Å². The van der Waals surface area contributed by atoms with Crippen molar-refractivity contribution in [3.8, 4) is 0 Å². The first kappa shape index (κ1) is 16.4. The molecule has 0 aliphatic rings. The molecule has 1 rings (SSSR count). The van der Waals surface area contributed by atoms with Gasteiger partial charge in [-0.15, -0.1) is 0 Å². The van der Waals surface area contributed by atoms with E-state index in [1.54, 1.807) is 32.2 Å². The van der Waals surface area contributed by atoms with E-state index in [0.29, 0.717) is 24.2 Å². The topological polar surface area (TPSA) is 49.4 Å². The van der Waals surface area contributed by atoms with E-state index in [1.807, 2.05) is 13.8 Å². The summed E-state index contributed by atoms with van der Waals surface area (Å²) in [6.45, 7) is 6.84. The van der Waals surface area contributed by atoms with Gasteiger partial charge in [-0.05, 0) is 23.8 Å². The summed E-state index contributed by atoms with van der Waals surface area (Å²) in [7, 11) is -1.85. The van der Waals surface area contributed by atoms with Gasteiger partial charge in [0.1, 0.15) is 0 Å². The predicted molar refractivity (Wildman–Crippen MR) is 78.9 cm³/mol. The SMILES string of the molecule is CCN(C)S(=O)(=O)c1ccc(Cl)c(CNC(C)C)c1. The van der Waals surface area contributed by atoms with Crippen molar-refractivity contribution in [2.24, 2.45) is 0 Å². The van der Waals surface area contributed by atoms with Crippen molar-refractivity contribution in [2.75, 3.05) is 13.6 Å². The van der Waals surface area contributed by atoms with Crippen LogP contribution in [-0.4, -0.2) is 32.4 Å². The second kappa shape index (κ2) is 6.70. The van der Waals surface area contributed by atoms with Gasteiger partial charge in [0.15, 0.2) is 0 Å². The number of nitrogens with one attached hydrogen (secondary N) is 1. The fourth-order valence-corrected chi connectivity index (χ4v) is 2.93. The van der Waals surface area contributed by atoms with Gasteiger partial charge in [0.05, 0.1) is 4.90 Å². The summed E-state index contributed by atoms with van der Waals surface area (Å²) in [6.07, 6.45) is 0. The zero-order chi connectivity index (χ0) is 14.6. The smallest absolute Gasteiger partial charge is 0.242 e. The molecule has 1 aromatic rings. The summed E-state index contributed by atoms with van der Waals surface area (Å²) in [4.78, 5) is 0.279. The number of halogens is 1. The Bertz CT molecular complexity index is 529. The number of hydrogen-bond donors (Lipinski definition) is 1. The van der Waals surface area contributed by atoms with Crippen LogP contribution in [0.2, 0.25) is 5.02 Å². The predicted octanol–water partition coefficient (Wildman–Crippen LogP) is 2.48. The lowest BCUT2D eigenvalue weighted by atomic mass is 10.2. The van der Waals surface area contributed by atoms with Crippen molar-refractivity contribution >= 4 is 21.6 Å². The highest BCUT2D eigenvalue weighted by molar-refractivity contribution is 7.89. The summed E-state index contributed by atoms with van der Waals surface area (Å²) >= 11 is 6.09. The molecule has 0 spiro atoms. The van der Waals surface area contributed by atoms with Crippen LogP contribution in [0.15, 0.2) is 23.1 Å². The highest BCUT2D eigenvalue weighted by Gasteiger charge is 2.20. The van der Waals surface area contributed by atoms with Gasteiger partial charge in [0.25, 0.3) is 0 Å². The molecule has 0 aliphatic heterocycles. The third kappa shape index (κ3) is 4.18. The Hall–Kier alpha value is -0.620. The van der Waals surface area contributed by atoms with Crippen molar-refractivity contribution < 1.29 is 8.42 Å². The van der Waals surface area contributed by atoms with Gasteiger partial charge in [-0.25, -0.2) is 12.7 Å². The lowest BCUT2D eigenvalue weighted by molar-refractivity contribution is 0.486. The van der Waals surface area contributed by atoms with Crippen molar-refractivity contribution in [3.05, 3.63) is 28.8 Å². The molecule has 0 bridgehead atoms. The molecule has 6 heteroatoms. The first-order valence-electron chi connectivity index (χ1n) is 6.27. The lowest BCUT2D eigenvalue weighted by Crippen LogP contribution is -2.27. The first-order valence-corrected chi connectivity index (χ1v) is 8.09. The van der Waals surface area contributed by atoms with E-state index in [4.69, 9.17) is 11.6 Å². The Morgan fingerprint density at radius 2 is 2.00 bits per heavy atom. The molecule has 1 N–H and O–H groups in total. The van der Waals surface area contributed by atoms with Crippen LogP contribution < -0.4 is 5.32 Å². The molecule has 0 fully saturated rings. The third-order valence-corrected chi connectivity index (χ3v) is 5.17. The highest BCUT2D eigenvalue weighted by Crippen LogP contribution is 2.22. The summed E-state index contributed by atoms with van der Waals surface area (Å²) in [6, 6.07) is 5.13. The van der Waals surface area contributed by atoms with E-state index >= 15 is 0 Å². The summed E-state index contributed by atoms with van der Waals surface area (Å²) in [5.74, 6) is 0. The van der Waals surface area contributed by atoms with Crippen LogP contribution in [0.4, 0.5) is 0 Å². The largest absolute Gasteiger partial charge is 0.310 e. The molecule has 0 saturated carbocycles. The molecular weight excluding hydrogens is 284 g/mol. The van der Waals surface area contributed by atoms with Gasteiger partial charge < -0.3 is 5.32 Å². The van der Waals surface area contributed by atoms with E-state index < -0.39 is 10.0 Å². The molecule has 0 saturated heterocycles. The van der Waals surface area contributed by atoms with Gasteiger partial charge >= 0.3 is 0 Å². The van der Waals surface area contributed by atoms with Crippen LogP contribution in [0.1, 0.15) is 26.3 Å². The number of nitrogens with zero attached hydrogens (tertiary/aromatic N) is 1. The van der Waals surface area contributed by atoms with Crippen molar-refractivity contribution in [2.45, 2.75) is 38.3 Å². The molecule has 0 atom stereocenters. The summed E-state index contributed by atoms with van der Waals surface area (Å²) < 4.78 is 25.8. The van der Waals surface area contributed by atoms with Crippen LogP contribution in [0.5, 0.6) is 0 Å². The highest BCUT2D eigenvalue weighted by atomic mass is 35.5. The zero-order valence-electron chi connectivity index (χ0n) is 11.8. The van der Waals surface area contributed by atoms with Crippen molar-refractivity contribution in [1.82, 2.24) is 9.62 Å². The van der Waals surface area contributed by atoms with Crippen LogP contribution in [0.25, 0.3) is 0 Å². The Morgan fingerprint density at radius 1 is 1.37 bits per heavy atom. The second-order valence-electron chi connectivity index (χ2n) is 4.71. The number of benzene rings is 1. The lowest BCUT2D eigenvalue weighted by Gasteiger charge is -2.16. The molecule has 0 aliphatic carbocycles. The summed E-state index contributed by atoms with van der Waals surface area (Å²) in [5, 5.41) is 3.81. The molecule has 0 aromatic heterocycles. The Morgan fingerprint density at radius 3 is 2.53 bits per heavy atom. The maximum atomic E-state index is 12.2. The molecule has 4 nitrogen and oxygen atoms in total. The fourth-order valence-electron chi connectivity index (χ4n) is 1.51. The molecule has 0 radical (unpaired) electrons. The number of rotatable bonds is 6. The molecule has 0 amide bonds. The normalized spacial score (nSPS) is 12.4. The second-order valence-corrected chi connectivity index (χ2v) is 7.16. The molecule has 19 heavy (non-hydrogen) atoms. The molecule has 0 unspecified atom stereocenters. The van der Waals surface area contributed by atoms with Crippen LogP contribution in [-0.2, 0) is 16.6 Å². The maximum absolute atomic E-state index is 12.2. The average Bonchev–Trinajstić information content (AvgIpc) is 2.36. The quantitative estimate of drug-likeness (QED) is 0.878. The minimum Gasteiger partial charge on any atom is -0.310 e. The number of hydrogen-bond acceptors (Lipinski definition) is 3. The van der Waals surface area contributed by atoms with Gasteiger partial charge in [-0.2, -0.15) is 0 Å². The van der Waals surface area contributed by atoms with Crippen molar-refractivity contribution in [1.29, 1.82) is 0 Å². The molecule has 108 valence electrons.